The smallest absolute Gasteiger partial charge is 0.269 e. The molecule has 0 spiro atoms. The average molecular weight is 549 g/mol. The van der Waals surface area contributed by atoms with Crippen LogP contribution in [-0.2, 0) is 11.2 Å². The molecule has 0 N–H and O–H groups in total. The standard InChI is InChI=1S/C27H21ClN4OS3/c1-16-29-20-15-19(9-11-22(20)34-16)30-27-32(13-12-17-6-4-3-5-7-17)25(33)24(36-27)26-31(2)21-14-18(28)8-10-23(21)35-26/h3-11,14-15H,12-13H2,1-2H3/b26-24-,30-27?. The third kappa shape index (κ3) is 4.43. The quantitative estimate of drug-likeness (QED) is 0.247. The zero-order chi connectivity index (χ0) is 24.8. The van der Waals surface area contributed by atoms with E-state index in [1.54, 1.807) is 28.0 Å². The Morgan fingerprint density at radius 2 is 1.86 bits per heavy atom. The molecule has 0 aliphatic carbocycles. The van der Waals surface area contributed by atoms with Crippen LogP contribution in [0.25, 0.3) is 10.2 Å². The number of amides is 1. The maximum absolute atomic E-state index is 13.8. The first-order valence-electron chi connectivity index (χ1n) is 11.4. The van der Waals surface area contributed by atoms with Gasteiger partial charge in [-0.2, -0.15) is 0 Å². The highest BCUT2D eigenvalue weighted by Gasteiger charge is 2.39. The van der Waals surface area contributed by atoms with Gasteiger partial charge in [-0.25, -0.2) is 9.98 Å². The molecule has 36 heavy (non-hydrogen) atoms. The summed E-state index contributed by atoms with van der Waals surface area (Å²) in [5, 5.41) is 3.30. The number of fused-ring (bicyclic) bond motifs is 2. The topological polar surface area (TPSA) is 48.8 Å². The van der Waals surface area contributed by atoms with Crippen LogP contribution in [0, 0.1) is 6.92 Å². The van der Waals surface area contributed by atoms with Crippen LogP contribution in [-0.4, -0.2) is 34.6 Å². The molecule has 3 aromatic carbocycles. The summed E-state index contributed by atoms with van der Waals surface area (Å²) in [4.78, 5) is 29.0. The lowest BCUT2D eigenvalue weighted by atomic mass is 10.1. The fourth-order valence-corrected chi connectivity index (χ4v) is 7.55. The summed E-state index contributed by atoms with van der Waals surface area (Å²) in [5.41, 5.74) is 3.92. The molecule has 1 fully saturated rings. The molecule has 0 bridgehead atoms. The lowest BCUT2D eigenvalue weighted by Crippen LogP contribution is -2.31. The van der Waals surface area contributed by atoms with E-state index >= 15 is 0 Å². The number of carbonyl (C=O) groups is 1. The van der Waals surface area contributed by atoms with Gasteiger partial charge in [0.1, 0.15) is 4.91 Å². The Balaban J connectivity index is 1.38. The number of thioether (sulfide) groups is 2. The van der Waals surface area contributed by atoms with Crippen LogP contribution in [0.2, 0.25) is 5.02 Å². The molecule has 1 amide bonds. The van der Waals surface area contributed by atoms with Crippen molar-refractivity contribution in [2.24, 2.45) is 4.99 Å². The molecule has 4 aromatic rings. The van der Waals surface area contributed by atoms with Crippen molar-refractivity contribution in [2.75, 3.05) is 18.5 Å². The Morgan fingerprint density at radius 1 is 1.03 bits per heavy atom. The van der Waals surface area contributed by atoms with Crippen molar-refractivity contribution in [3.63, 3.8) is 0 Å². The molecule has 1 saturated heterocycles. The average Bonchev–Trinajstić information content (AvgIpc) is 3.50. The van der Waals surface area contributed by atoms with Crippen molar-refractivity contribution in [3.05, 3.63) is 92.3 Å². The van der Waals surface area contributed by atoms with Gasteiger partial charge in [-0.15, -0.1) is 11.3 Å². The van der Waals surface area contributed by atoms with Crippen LogP contribution in [0.4, 0.5) is 11.4 Å². The van der Waals surface area contributed by atoms with Gasteiger partial charge in [0.05, 0.1) is 31.6 Å². The van der Waals surface area contributed by atoms with Crippen molar-refractivity contribution >= 4 is 79.1 Å². The number of thiazole rings is 1. The third-order valence-corrected chi connectivity index (χ3v) is 9.64. The first-order valence-corrected chi connectivity index (χ1v) is 14.2. The van der Waals surface area contributed by atoms with E-state index < -0.39 is 0 Å². The minimum atomic E-state index is -0.0199. The third-order valence-electron chi connectivity index (χ3n) is 6.02. The van der Waals surface area contributed by atoms with Crippen LogP contribution in [0.1, 0.15) is 10.6 Å². The maximum Gasteiger partial charge on any atom is 0.269 e. The van der Waals surface area contributed by atoms with Crippen molar-refractivity contribution in [2.45, 2.75) is 18.2 Å². The largest absolute Gasteiger partial charge is 0.337 e. The molecule has 0 atom stereocenters. The number of anilines is 1. The molecule has 3 heterocycles. The van der Waals surface area contributed by atoms with Gasteiger partial charge in [0.15, 0.2) is 5.17 Å². The number of rotatable bonds is 4. The lowest BCUT2D eigenvalue weighted by Gasteiger charge is -2.17. The number of aryl methyl sites for hydroxylation is 1. The van der Waals surface area contributed by atoms with Gasteiger partial charge < -0.3 is 4.90 Å². The second-order valence-corrected chi connectivity index (χ2v) is 12.2. The zero-order valence-electron chi connectivity index (χ0n) is 19.6. The van der Waals surface area contributed by atoms with Gasteiger partial charge in [-0.3, -0.25) is 9.69 Å². The Bertz CT molecular complexity index is 1560. The Kier molecular flexibility index (Phi) is 6.29. The van der Waals surface area contributed by atoms with Crippen molar-refractivity contribution in [1.29, 1.82) is 0 Å². The monoisotopic (exact) mass is 548 g/mol. The molecule has 180 valence electrons. The van der Waals surface area contributed by atoms with E-state index in [1.165, 1.54) is 17.3 Å². The summed E-state index contributed by atoms with van der Waals surface area (Å²) in [6.45, 7) is 2.56. The Hall–Kier alpha value is -2.78. The summed E-state index contributed by atoms with van der Waals surface area (Å²) in [6, 6.07) is 22.1. The van der Waals surface area contributed by atoms with Gasteiger partial charge in [0, 0.05) is 23.5 Å². The van der Waals surface area contributed by atoms with Gasteiger partial charge in [0.25, 0.3) is 5.91 Å². The number of hydrogen-bond acceptors (Lipinski definition) is 7. The predicted molar refractivity (Wildman–Crippen MR) is 154 cm³/mol. The summed E-state index contributed by atoms with van der Waals surface area (Å²) in [5.74, 6) is -0.0199. The van der Waals surface area contributed by atoms with Crippen molar-refractivity contribution < 1.29 is 4.79 Å². The Morgan fingerprint density at radius 3 is 2.69 bits per heavy atom. The van der Waals surface area contributed by atoms with Crippen LogP contribution in [0.15, 0.2) is 86.6 Å². The lowest BCUT2D eigenvalue weighted by molar-refractivity contribution is -0.122. The molecule has 6 rings (SSSR count). The number of aliphatic imine (C=N–C) groups is 1. The van der Waals surface area contributed by atoms with Gasteiger partial charge >= 0.3 is 0 Å². The van der Waals surface area contributed by atoms with E-state index in [9.17, 15) is 4.79 Å². The van der Waals surface area contributed by atoms with Gasteiger partial charge in [-0.05, 0) is 67.1 Å². The molecule has 2 aliphatic heterocycles. The molecule has 1 aromatic heterocycles. The minimum absolute atomic E-state index is 0.0199. The molecular formula is C27H21ClN4OS3. The number of hydrogen-bond donors (Lipinski definition) is 0. The highest BCUT2D eigenvalue weighted by molar-refractivity contribution is 8.19. The van der Waals surface area contributed by atoms with Crippen LogP contribution in [0.3, 0.4) is 0 Å². The van der Waals surface area contributed by atoms with E-state index in [4.69, 9.17) is 16.6 Å². The summed E-state index contributed by atoms with van der Waals surface area (Å²) < 4.78 is 1.13. The highest BCUT2D eigenvalue weighted by Crippen LogP contribution is 2.50. The number of nitrogens with zero attached hydrogens (tertiary/aromatic N) is 4. The summed E-state index contributed by atoms with van der Waals surface area (Å²) in [7, 11) is 1.98. The molecule has 0 radical (unpaired) electrons. The number of carbonyl (C=O) groups excluding carboxylic acids is 1. The van der Waals surface area contributed by atoms with E-state index in [-0.39, 0.29) is 5.91 Å². The maximum atomic E-state index is 13.8. The highest BCUT2D eigenvalue weighted by atomic mass is 35.5. The van der Waals surface area contributed by atoms with Crippen molar-refractivity contribution in [3.8, 4) is 0 Å². The predicted octanol–water partition coefficient (Wildman–Crippen LogP) is 7.47. The van der Waals surface area contributed by atoms with E-state index in [2.05, 4.69) is 28.1 Å². The minimum Gasteiger partial charge on any atom is -0.337 e. The zero-order valence-corrected chi connectivity index (χ0v) is 22.8. The molecule has 9 heteroatoms. The normalized spacial score (nSPS) is 18.6. The molecule has 0 unspecified atom stereocenters. The fourth-order valence-electron chi connectivity index (χ4n) is 4.23. The molecule has 0 saturated carbocycles. The number of benzene rings is 3. The van der Waals surface area contributed by atoms with E-state index in [0.29, 0.717) is 21.6 Å². The molecule has 5 nitrogen and oxygen atoms in total. The second-order valence-electron chi connectivity index (χ2n) is 8.48. The molecular weight excluding hydrogens is 528 g/mol. The van der Waals surface area contributed by atoms with Crippen LogP contribution >= 0.6 is 46.5 Å². The van der Waals surface area contributed by atoms with Crippen LogP contribution in [0.5, 0.6) is 0 Å². The fraction of sp³-hybridized carbons (Fsp3) is 0.148. The van der Waals surface area contributed by atoms with Gasteiger partial charge in [0.2, 0.25) is 0 Å². The first-order chi connectivity index (χ1) is 17.5. The summed E-state index contributed by atoms with van der Waals surface area (Å²) >= 11 is 11.0. The molecule has 2 aliphatic rings. The van der Waals surface area contributed by atoms with Crippen molar-refractivity contribution in [1.82, 2.24) is 9.88 Å². The second kappa shape index (κ2) is 9.59. The first kappa shape index (κ1) is 23.6. The number of aromatic nitrogens is 1. The summed E-state index contributed by atoms with van der Waals surface area (Å²) in [6.07, 6.45) is 0.748. The van der Waals surface area contributed by atoms with Crippen LogP contribution < -0.4 is 4.90 Å². The Labute approximate surface area is 226 Å². The van der Waals surface area contributed by atoms with Gasteiger partial charge in [-0.1, -0.05) is 53.7 Å². The SMILES string of the molecule is Cc1nc2cc(N=C3S/C(=C4\Sc5ccc(Cl)cc5N4C)C(=O)N3CCc3ccccc3)ccc2s1. The number of halogens is 1. The number of amidine groups is 1. The van der Waals surface area contributed by atoms with E-state index in [0.717, 1.165) is 42.9 Å². The van der Waals surface area contributed by atoms with E-state index in [1.807, 2.05) is 62.5 Å².